The second-order valence-corrected chi connectivity index (χ2v) is 3.94. The van der Waals surface area contributed by atoms with Gasteiger partial charge in [-0.3, -0.25) is 0 Å². The van der Waals surface area contributed by atoms with Gasteiger partial charge >= 0.3 is 5.97 Å². The van der Waals surface area contributed by atoms with Crippen molar-refractivity contribution in [1.82, 2.24) is 0 Å². The zero-order chi connectivity index (χ0) is 11.6. The molecule has 0 spiro atoms. The Morgan fingerprint density at radius 2 is 2.31 bits per heavy atom. The van der Waals surface area contributed by atoms with Gasteiger partial charge < -0.3 is 10.1 Å². The van der Waals surface area contributed by atoms with Crippen molar-refractivity contribution in [2.75, 3.05) is 11.9 Å². The molecular formula is C12H14FNO2. The van der Waals surface area contributed by atoms with E-state index in [0.717, 1.165) is 12.8 Å². The van der Waals surface area contributed by atoms with Crippen molar-refractivity contribution in [2.45, 2.75) is 25.3 Å². The van der Waals surface area contributed by atoms with Crippen LogP contribution in [0.25, 0.3) is 0 Å². The Balaban J connectivity index is 2.07. The summed E-state index contributed by atoms with van der Waals surface area (Å²) in [5.41, 5.74) is -0.00497. The standard InChI is InChI=1S/C12H14FNO2/c1-2-16-11(15)12(6-7-12)14-10-5-3-4-9(13)8-10/h3-5,8,14H,2,6-7H2,1H3. The van der Waals surface area contributed by atoms with Crippen LogP contribution in [0.1, 0.15) is 19.8 Å². The van der Waals surface area contributed by atoms with E-state index in [1.807, 2.05) is 0 Å². The van der Waals surface area contributed by atoms with Crippen LogP contribution < -0.4 is 5.32 Å². The summed E-state index contributed by atoms with van der Waals surface area (Å²) >= 11 is 0. The molecule has 0 aliphatic heterocycles. The fraction of sp³-hybridized carbons (Fsp3) is 0.417. The molecule has 4 heteroatoms. The lowest BCUT2D eigenvalue weighted by molar-refractivity contribution is -0.145. The minimum Gasteiger partial charge on any atom is -0.464 e. The molecule has 0 bridgehead atoms. The predicted molar refractivity (Wildman–Crippen MR) is 58.6 cm³/mol. The van der Waals surface area contributed by atoms with Gasteiger partial charge in [0.2, 0.25) is 0 Å². The lowest BCUT2D eigenvalue weighted by Gasteiger charge is -2.16. The van der Waals surface area contributed by atoms with Gasteiger partial charge in [-0.15, -0.1) is 0 Å². The van der Waals surface area contributed by atoms with Gasteiger partial charge in [-0.05, 0) is 38.0 Å². The molecule has 86 valence electrons. The van der Waals surface area contributed by atoms with Crippen molar-refractivity contribution in [3.63, 3.8) is 0 Å². The summed E-state index contributed by atoms with van der Waals surface area (Å²) in [5, 5.41) is 3.04. The minimum atomic E-state index is -0.621. The number of carbonyl (C=O) groups is 1. The lowest BCUT2D eigenvalue weighted by Crippen LogP contribution is -2.33. The molecule has 1 aromatic carbocycles. The Morgan fingerprint density at radius 1 is 1.56 bits per heavy atom. The zero-order valence-corrected chi connectivity index (χ0v) is 9.13. The van der Waals surface area contributed by atoms with E-state index in [2.05, 4.69) is 5.32 Å². The molecule has 0 unspecified atom stereocenters. The fourth-order valence-electron chi connectivity index (χ4n) is 1.62. The predicted octanol–water partition coefficient (Wildman–Crippen LogP) is 2.33. The summed E-state index contributed by atoms with van der Waals surface area (Å²) < 4.78 is 17.9. The van der Waals surface area contributed by atoms with Gasteiger partial charge in [0.1, 0.15) is 11.4 Å². The van der Waals surface area contributed by atoms with Crippen molar-refractivity contribution >= 4 is 11.7 Å². The first-order chi connectivity index (χ1) is 7.66. The van der Waals surface area contributed by atoms with Crippen LogP contribution in [0.3, 0.4) is 0 Å². The molecule has 1 aromatic rings. The molecule has 2 rings (SSSR count). The van der Waals surface area contributed by atoms with Crippen LogP contribution in [-0.2, 0) is 9.53 Å². The number of hydrogen-bond donors (Lipinski definition) is 1. The van der Waals surface area contributed by atoms with E-state index in [4.69, 9.17) is 4.74 Å². The first-order valence-corrected chi connectivity index (χ1v) is 5.37. The van der Waals surface area contributed by atoms with Crippen molar-refractivity contribution < 1.29 is 13.9 Å². The van der Waals surface area contributed by atoms with Crippen LogP contribution in [-0.4, -0.2) is 18.1 Å². The molecule has 1 N–H and O–H groups in total. The largest absolute Gasteiger partial charge is 0.464 e. The highest BCUT2D eigenvalue weighted by atomic mass is 19.1. The molecule has 0 saturated heterocycles. The number of halogens is 1. The van der Waals surface area contributed by atoms with Gasteiger partial charge in [0.15, 0.2) is 0 Å². The normalized spacial score (nSPS) is 16.6. The van der Waals surface area contributed by atoms with Gasteiger partial charge in [-0.25, -0.2) is 9.18 Å². The maximum atomic E-state index is 13.0. The van der Waals surface area contributed by atoms with Crippen LogP contribution in [0.5, 0.6) is 0 Å². The first-order valence-electron chi connectivity index (χ1n) is 5.37. The van der Waals surface area contributed by atoms with Gasteiger partial charge in [-0.1, -0.05) is 6.07 Å². The summed E-state index contributed by atoms with van der Waals surface area (Å²) in [6.07, 6.45) is 1.48. The molecule has 0 atom stereocenters. The Morgan fingerprint density at radius 3 is 2.88 bits per heavy atom. The van der Waals surface area contributed by atoms with Crippen molar-refractivity contribution in [2.24, 2.45) is 0 Å². The van der Waals surface area contributed by atoms with E-state index in [-0.39, 0.29) is 11.8 Å². The van der Waals surface area contributed by atoms with E-state index in [1.165, 1.54) is 12.1 Å². The Kier molecular flexibility index (Phi) is 2.81. The average molecular weight is 223 g/mol. The maximum absolute atomic E-state index is 13.0. The summed E-state index contributed by atoms with van der Waals surface area (Å²) in [7, 11) is 0. The lowest BCUT2D eigenvalue weighted by atomic mass is 10.2. The van der Waals surface area contributed by atoms with Crippen LogP contribution in [0.2, 0.25) is 0 Å². The third-order valence-corrected chi connectivity index (χ3v) is 2.62. The van der Waals surface area contributed by atoms with Crippen LogP contribution in [0, 0.1) is 5.82 Å². The molecule has 1 aliphatic carbocycles. The minimum absolute atomic E-state index is 0.251. The third-order valence-electron chi connectivity index (χ3n) is 2.62. The number of esters is 1. The number of benzene rings is 1. The number of carbonyl (C=O) groups excluding carboxylic acids is 1. The van der Waals surface area contributed by atoms with E-state index in [1.54, 1.807) is 19.1 Å². The summed E-state index contributed by atoms with van der Waals surface area (Å²) in [5.74, 6) is -0.566. The van der Waals surface area contributed by atoms with E-state index in [9.17, 15) is 9.18 Å². The molecule has 16 heavy (non-hydrogen) atoms. The Labute approximate surface area is 93.6 Å². The molecule has 0 heterocycles. The summed E-state index contributed by atoms with van der Waals surface area (Å²) in [6, 6.07) is 6.09. The highest BCUT2D eigenvalue weighted by Crippen LogP contribution is 2.40. The third kappa shape index (κ3) is 2.15. The van der Waals surface area contributed by atoms with Gasteiger partial charge in [0, 0.05) is 5.69 Å². The molecule has 1 saturated carbocycles. The average Bonchev–Trinajstić information content (AvgIpc) is 2.99. The fourth-order valence-corrected chi connectivity index (χ4v) is 1.62. The molecule has 0 radical (unpaired) electrons. The Hall–Kier alpha value is -1.58. The monoisotopic (exact) mass is 223 g/mol. The van der Waals surface area contributed by atoms with E-state index >= 15 is 0 Å². The molecule has 1 fully saturated rings. The highest BCUT2D eigenvalue weighted by Gasteiger charge is 2.51. The van der Waals surface area contributed by atoms with Crippen molar-refractivity contribution in [3.8, 4) is 0 Å². The molecule has 0 aromatic heterocycles. The smallest absolute Gasteiger partial charge is 0.331 e. The van der Waals surface area contributed by atoms with Crippen molar-refractivity contribution in [1.29, 1.82) is 0 Å². The number of anilines is 1. The number of ether oxygens (including phenoxy) is 1. The molecular weight excluding hydrogens is 209 g/mol. The molecule has 0 amide bonds. The summed E-state index contributed by atoms with van der Waals surface area (Å²) in [4.78, 5) is 11.6. The van der Waals surface area contributed by atoms with Crippen LogP contribution in [0.4, 0.5) is 10.1 Å². The maximum Gasteiger partial charge on any atom is 0.331 e. The Bertz CT molecular complexity index is 402. The highest BCUT2D eigenvalue weighted by molar-refractivity contribution is 5.88. The number of hydrogen-bond acceptors (Lipinski definition) is 3. The zero-order valence-electron chi connectivity index (χ0n) is 9.13. The molecule has 1 aliphatic rings. The summed E-state index contributed by atoms with van der Waals surface area (Å²) in [6.45, 7) is 2.14. The van der Waals surface area contributed by atoms with Gasteiger partial charge in [0.05, 0.1) is 6.61 Å². The quantitative estimate of drug-likeness (QED) is 0.796. The number of rotatable bonds is 4. The van der Waals surface area contributed by atoms with Crippen LogP contribution in [0.15, 0.2) is 24.3 Å². The molecule has 3 nitrogen and oxygen atoms in total. The van der Waals surface area contributed by atoms with Gasteiger partial charge in [0.25, 0.3) is 0 Å². The second-order valence-electron chi connectivity index (χ2n) is 3.94. The van der Waals surface area contributed by atoms with Gasteiger partial charge in [-0.2, -0.15) is 0 Å². The number of nitrogens with one attached hydrogen (secondary N) is 1. The van der Waals surface area contributed by atoms with Crippen LogP contribution >= 0.6 is 0 Å². The first kappa shape index (κ1) is 10.9. The van der Waals surface area contributed by atoms with Crippen molar-refractivity contribution in [3.05, 3.63) is 30.1 Å². The van der Waals surface area contributed by atoms with E-state index in [0.29, 0.717) is 12.3 Å². The second kappa shape index (κ2) is 4.12. The topological polar surface area (TPSA) is 38.3 Å². The SMILES string of the molecule is CCOC(=O)C1(Nc2cccc(F)c2)CC1. The van der Waals surface area contributed by atoms with E-state index < -0.39 is 5.54 Å².